The Morgan fingerprint density at radius 1 is 1.06 bits per heavy atom. The van der Waals surface area contributed by atoms with Crippen molar-refractivity contribution < 1.29 is 14.1 Å². The van der Waals surface area contributed by atoms with E-state index in [2.05, 4.69) is 15.6 Å². The van der Waals surface area contributed by atoms with Crippen LogP contribution in [-0.2, 0) is 27.8 Å². The fourth-order valence-electron chi connectivity index (χ4n) is 4.92. The Labute approximate surface area is 191 Å². The van der Waals surface area contributed by atoms with Crippen molar-refractivity contribution in [2.45, 2.75) is 44.6 Å². The second kappa shape index (κ2) is 9.03. The summed E-state index contributed by atoms with van der Waals surface area (Å²) in [6.45, 7) is 4.19. The fourth-order valence-corrected chi connectivity index (χ4v) is 4.92. The average molecular weight is 450 g/mol. The Hall–Kier alpha value is -3.72. The molecule has 0 atom stereocenters. The highest BCUT2D eigenvalue weighted by Crippen LogP contribution is 2.47. The Morgan fingerprint density at radius 3 is 2.06 bits per heavy atom. The van der Waals surface area contributed by atoms with Crippen LogP contribution in [0.5, 0.6) is 0 Å². The minimum Gasteiger partial charge on any atom is -0.330 e. The van der Waals surface area contributed by atoms with Crippen LogP contribution in [0.1, 0.15) is 54.4 Å². The van der Waals surface area contributed by atoms with E-state index in [4.69, 9.17) is 10.3 Å². The minimum atomic E-state index is -0.855. The Morgan fingerprint density at radius 2 is 1.61 bits per heavy atom. The van der Waals surface area contributed by atoms with E-state index in [0.717, 1.165) is 22.3 Å². The molecular weight excluding hydrogens is 422 g/mol. The van der Waals surface area contributed by atoms with E-state index in [-0.39, 0.29) is 6.04 Å². The summed E-state index contributed by atoms with van der Waals surface area (Å²) in [6, 6.07) is 11.4. The number of nitrogens with zero attached hydrogens (tertiary/aromatic N) is 2. The van der Waals surface area contributed by atoms with Crippen molar-refractivity contribution in [3.05, 3.63) is 75.0 Å². The Kier molecular flexibility index (Phi) is 6.15. The molecule has 0 saturated carbocycles. The molecular formula is C24H27N5O4. The van der Waals surface area contributed by atoms with Gasteiger partial charge in [0, 0.05) is 11.4 Å². The van der Waals surface area contributed by atoms with Crippen LogP contribution in [0.2, 0.25) is 0 Å². The van der Waals surface area contributed by atoms with Gasteiger partial charge < -0.3 is 20.9 Å². The molecule has 0 bridgehead atoms. The van der Waals surface area contributed by atoms with Crippen molar-refractivity contribution in [3.8, 4) is 0 Å². The predicted octanol–water partition coefficient (Wildman–Crippen LogP) is 2.34. The van der Waals surface area contributed by atoms with Crippen LogP contribution in [0, 0.1) is 0 Å². The summed E-state index contributed by atoms with van der Waals surface area (Å²) in [7, 11) is 0. The lowest BCUT2D eigenvalue weighted by Crippen LogP contribution is -2.37. The standard InChI is InChI=1S/C24H27N5O4/c1-15(2)29-22(28-23(32)33-29)24(9-10-25)20-7-5-18(26-13-30)11-16(20)3-4-17-12-19(27-14-31)6-8-21(17)24/h5-8,11-15H,3-4,9-10,25H2,1-2H3,(H,26,30)(H,27,31). The van der Waals surface area contributed by atoms with Gasteiger partial charge in [0.1, 0.15) is 0 Å². The SMILES string of the molecule is CC(C)n1oc(=O)nc1C1(CCN)c2ccc(NC=O)cc2CCc2cc(NC=O)ccc21. The van der Waals surface area contributed by atoms with Crippen LogP contribution in [0.3, 0.4) is 0 Å². The summed E-state index contributed by atoms with van der Waals surface area (Å²) in [5, 5.41) is 5.43. The highest BCUT2D eigenvalue weighted by Gasteiger charge is 2.45. The van der Waals surface area contributed by atoms with Gasteiger partial charge in [0.05, 0.1) is 11.5 Å². The van der Waals surface area contributed by atoms with E-state index in [9.17, 15) is 14.4 Å². The first-order valence-corrected chi connectivity index (χ1v) is 10.9. The summed E-state index contributed by atoms with van der Waals surface area (Å²) in [4.78, 5) is 38.8. The number of anilines is 2. The molecule has 4 N–H and O–H groups in total. The molecule has 2 aromatic carbocycles. The number of nitrogens with two attached hydrogens (primary N) is 1. The highest BCUT2D eigenvalue weighted by molar-refractivity contribution is 5.74. The number of fused-ring (bicyclic) bond motifs is 2. The van der Waals surface area contributed by atoms with E-state index < -0.39 is 11.2 Å². The molecule has 1 heterocycles. The molecule has 0 radical (unpaired) electrons. The third-order valence-electron chi connectivity index (χ3n) is 6.20. The number of hydrogen-bond acceptors (Lipinski definition) is 6. The van der Waals surface area contributed by atoms with Gasteiger partial charge in [-0.3, -0.25) is 9.59 Å². The molecule has 0 spiro atoms. The third-order valence-corrected chi connectivity index (χ3v) is 6.20. The predicted molar refractivity (Wildman–Crippen MR) is 124 cm³/mol. The first-order chi connectivity index (χ1) is 15.9. The Bertz CT molecular complexity index is 1180. The number of aryl methyl sites for hydroxylation is 2. The zero-order valence-corrected chi connectivity index (χ0v) is 18.6. The van der Waals surface area contributed by atoms with Gasteiger partial charge in [-0.15, -0.1) is 0 Å². The molecule has 9 heteroatoms. The second-order valence-corrected chi connectivity index (χ2v) is 8.42. The lowest BCUT2D eigenvalue weighted by atomic mass is 9.69. The van der Waals surface area contributed by atoms with Crippen molar-refractivity contribution in [2.75, 3.05) is 17.2 Å². The first kappa shape index (κ1) is 22.5. The number of carbonyl (C=O) groups excluding carboxylic acids is 2. The van der Waals surface area contributed by atoms with Gasteiger partial charge in [-0.25, -0.2) is 4.79 Å². The Balaban J connectivity index is 2.09. The number of rotatable bonds is 8. The molecule has 1 aliphatic rings. The lowest BCUT2D eigenvalue weighted by Gasteiger charge is -2.36. The van der Waals surface area contributed by atoms with E-state index in [1.54, 1.807) is 4.74 Å². The van der Waals surface area contributed by atoms with Crippen molar-refractivity contribution in [3.63, 3.8) is 0 Å². The van der Waals surface area contributed by atoms with Crippen LogP contribution in [0.15, 0.2) is 45.7 Å². The van der Waals surface area contributed by atoms with Crippen LogP contribution in [0.25, 0.3) is 0 Å². The first-order valence-electron chi connectivity index (χ1n) is 10.9. The molecule has 0 aliphatic heterocycles. The number of amides is 2. The molecule has 1 aliphatic carbocycles. The molecule has 1 aromatic heterocycles. The van der Waals surface area contributed by atoms with E-state index in [1.807, 2.05) is 50.2 Å². The van der Waals surface area contributed by atoms with Crippen LogP contribution < -0.4 is 22.1 Å². The van der Waals surface area contributed by atoms with Crippen molar-refractivity contribution >= 4 is 24.2 Å². The van der Waals surface area contributed by atoms with Crippen LogP contribution in [0.4, 0.5) is 11.4 Å². The van der Waals surface area contributed by atoms with E-state index in [0.29, 0.717) is 55.8 Å². The normalized spacial score (nSPS) is 14.2. The molecule has 172 valence electrons. The maximum atomic E-state index is 12.4. The number of hydrogen-bond donors (Lipinski definition) is 3. The smallest absolute Gasteiger partial charge is 0.330 e. The molecule has 33 heavy (non-hydrogen) atoms. The molecule has 3 aromatic rings. The number of nitrogens with one attached hydrogen (secondary N) is 2. The van der Waals surface area contributed by atoms with Crippen LogP contribution >= 0.6 is 0 Å². The van der Waals surface area contributed by atoms with E-state index >= 15 is 0 Å². The van der Waals surface area contributed by atoms with Gasteiger partial charge >= 0.3 is 5.76 Å². The van der Waals surface area contributed by atoms with Gasteiger partial charge in [0.2, 0.25) is 12.8 Å². The molecule has 4 rings (SSSR count). The maximum Gasteiger partial charge on any atom is 0.459 e. The van der Waals surface area contributed by atoms with E-state index in [1.165, 1.54) is 0 Å². The zero-order chi connectivity index (χ0) is 23.6. The van der Waals surface area contributed by atoms with Crippen molar-refractivity contribution in [1.82, 2.24) is 9.72 Å². The summed E-state index contributed by atoms with van der Waals surface area (Å²) >= 11 is 0. The summed E-state index contributed by atoms with van der Waals surface area (Å²) in [5.74, 6) is -0.175. The maximum absolute atomic E-state index is 12.4. The summed E-state index contributed by atoms with van der Waals surface area (Å²) in [6.07, 6.45) is 3.15. The molecule has 0 fully saturated rings. The largest absolute Gasteiger partial charge is 0.459 e. The van der Waals surface area contributed by atoms with Gasteiger partial charge in [-0.05, 0) is 86.2 Å². The zero-order valence-electron chi connectivity index (χ0n) is 18.6. The average Bonchev–Trinajstić information content (AvgIpc) is 3.14. The van der Waals surface area contributed by atoms with Gasteiger partial charge in [-0.1, -0.05) is 12.1 Å². The minimum absolute atomic E-state index is 0.146. The quantitative estimate of drug-likeness (QED) is 0.452. The van der Waals surface area contributed by atoms with Crippen molar-refractivity contribution in [2.24, 2.45) is 5.73 Å². The molecule has 9 nitrogen and oxygen atoms in total. The highest BCUT2D eigenvalue weighted by atomic mass is 16.5. The van der Waals surface area contributed by atoms with Gasteiger partial charge in [-0.2, -0.15) is 9.72 Å². The molecule has 2 amide bonds. The van der Waals surface area contributed by atoms with Gasteiger partial charge in [0.15, 0.2) is 5.82 Å². The van der Waals surface area contributed by atoms with Gasteiger partial charge in [0.25, 0.3) is 0 Å². The second-order valence-electron chi connectivity index (χ2n) is 8.42. The number of carbonyl (C=O) groups is 2. The summed E-state index contributed by atoms with van der Waals surface area (Å²) in [5.41, 5.74) is 10.6. The lowest BCUT2D eigenvalue weighted by molar-refractivity contribution is -0.106. The summed E-state index contributed by atoms with van der Waals surface area (Å²) < 4.78 is 7.05. The monoisotopic (exact) mass is 449 g/mol. The van der Waals surface area contributed by atoms with Crippen LogP contribution in [-0.4, -0.2) is 29.1 Å². The number of benzene rings is 2. The number of aromatic nitrogens is 2. The van der Waals surface area contributed by atoms with Crippen molar-refractivity contribution in [1.29, 1.82) is 0 Å². The fraction of sp³-hybridized carbons (Fsp3) is 0.333. The molecule has 0 unspecified atom stereocenters. The molecule has 0 saturated heterocycles. The third kappa shape index (κ3) is 3.84. The topological polar surface area (TPSA) is 132 Å².